The fourth-order valence-corrected chi connectivity index (χ4v) is 1.99. The minimum Gasteiger partial charge on any atom is -0.508 e. The number of carbonyl (C=O) groups is 1. The number of amidine groups is 1. The molecule has 0 aliphatic carbocycles. The van der Waals surface area contributed by atoms with Crippen molar-refractivity contribution in [3.63, 3.8) is 0 Å². The molecular weight excluding hydrogens is 296 g/mol. The van der Waals surface area contributed by atoms with Crippen molar-refractivity contribution in [2.45, 2.75) is 19.9 Å². The van der Waals surface area contributed by atoms with Crippen LogP contribution < -0.4 is 11.1 Å². The van der Waals surface area contributed by atoms with Crippen LogP contribution in [-0.2, 0) is 4.79 Å². The number of nitrogens with zero attached hydrogens (tertiary/aromatic N) is 2. The molecule has 23 heavy (non-hydrogen) atoms. The molecule has 1 aromatic rings. The average Bonchev–Trinajstić information content (AvgIpc) is 2.45. The summed E-state index contributed by atoms with van der Waals surface area (Å²) < 4.78 is 0. The summed E-state index contributed by atoms with van der Waals surface area (Å²) in [5, 5.41) is 21.7. The zero-order valence-electron chi connectivity index (χ0n) is 13.7. The van der Waals surface area contributed by atoms with E-state index in [4.69, 9.17) is 10.8 Å². The number of likely N-dealkylation sites (N-methyl/N-ethyl adjacent to an activating group) is 1. The van der Waals surface area contributed by atoms with E-state index in [1.54, 1.807) is 30.3 Å². The number of hydrogen-bond donors (Lipinski definition) is 4. The third-order valence-electron chi connectivity index (χ3n) is 2.95. The number of rotatable bonds is 7. The molecule has 0 radical (unpaired) electrons. The molecule has 0 spiro atoms. The summed E-state index contributed by atoms with van der Waals surface area (Å²) in [6, 6.07) is 4.67. The molecule has 0 saturated carbocycles. The number of nitrogen functional groups attached to an aromatic ring is 1. The standard InChI is InChI=1S/C16H24N4O3/c1-11(2)19-16(10-22)18-9-15(20(3)4-5-21)12-6-13(17)8-14(23)7-12/h6-11,21,23H,4-5,17H2,1-3H3,(H,18,19)/b15-9-. The zero-order chi connectivity index (χ0) is 17.4. The number of phenolic OH excluding ortho intramolecular Hbond substituents is 1. The van der Waals surface area contributed by atoms with E-state index in [9.17, 15) is 9.90 Å². The van der Waals surface area contributed by atoms with Crippen LogP contribution in [0.15, 0.2) is 29.4 Å². The number of phenols is 1. The lowest BCUT2D eigenvalue weighted by Crippen LogP contribution is -2.26. The van der Waals surface area contributed by atoms with Crippen LogP contribution in [0.3, 0.4) is 0 Å². The Morgan fingerprint density at radius 2 is 2.13 bits per heavy atom. The predicted molar refractivity (Wildman–Crippen MR) is 92.0 cm³/mol. The molecule has 0 bridgehead atoms. The van der Waals surface area contributed by atoms with Crippen LogP contribution in [0.1, 0.15) is 19.4 Å². The average molecular weight is 320 g/mol. The molecule has 0 aromatic heterocycles. The maximum absolute atomic E-state index is 11.1. The van der Waals surface area contributed by atoms with Gasteiger partial charge in [0.05, 0.1) is 12.3 Å². The highest BCUT2D eigenvalue weighted by Crippen LogP contribution is 2.24. The Kier molecular flexibility index (Phi) is 7.08. The number of aliphatic hydroxyl groups is 1. The predicted octanol–water partition coefficient (Wildman–Crippen LogP) is 0.792. The van der Waals surface area contributed by atoms with Gasteiger partial charge in [0.25, 0.3) is 0 Å². The number of carbonyl (C=O) groups excluding carboxylic acids is 1. The Labute approximate surface area is 136 Å². The van der Waals surface area contributed by atoms with Crippen LogP contribution >= 0.6 is 0 Å². The highest BCUT2D eigenvalue weighted by Gasteiger charge is 2.10. The Balaban J connectivity index is 3.19. The van der Waals surface area contributed by atoms with Crippen molar-refractivity contribution in [3.05, 3.63) is 30.0 Å². The molecule has 7 nitrogen and oxygen atoms in total. The number of aromatic hydroxyl groups is 1. The van der Waals surface area contributed by atoms with Crippen molar-refractivity contribution < 1.29 is 15.0 Å². The van der Waals surface area contributed by atoms with Crippen LogP contribution in [0.25, 0.3) is 5.70 Å². The number of hydrogen-bond acceptors (Lipinski definition) is 6. The lowest BCUT2D eigenvalue weighted by atomic mass is 10.1. The SMILES string of the molecule is CC(C)N=C(C=O)N/C=C(/c1cc(N)cc(O)c1)N(C)CCO. The molecule has 0 fully saturated rings. The van der Waals surface area contributed by atoms with E-state index in [0.717, 1.165) is 0 Å². The second-order valence-corrected chi connectivity index (χ2v) is 5.36. The summed E-state index contributed by atoms with van der Waals surface area (Å²) in [7, 11) is 1.78. The fourth-order valence-electron chi connectivity index (χ4n) is 1.99. The van der Waals surface area contributed by atoms with Gasteiger partial charge in [-0.05, 0) is 26.0 Å². The summed E-state index contributed by atoms with van der Waals surface area (Å²) >= 11 is 0. The topological polar surface area (TPSA) is 111 Å². The van der Waals surface area contributed by atoms with Gasteiger partial charge in [-0.25, -0.2) is 0 Å². The second kappa shape index (κ2) is 8.79. The van der Waals surface area contributed by atoms with Crippen molar-refractivity contribution in [1.29, 1.82) is 0 Å². The van der Waals surface area contributed by atoms with Gasteiger partial charge in [-0.15, -0.1) is 0 Å². The van der Waals surface area contributed by atoms with E-state index in [0.29, 0.717) is 29.8 Å². The van der Waals surface area contributed by atoms with Crippen molar-refractivity contribution in [1.82, 2.24) is 10.2 Å². The quantitative estimate of drug-likeness (QED) is 0.256. The first-order valence-electron chi connectivity index (χ1n) is 7.29. The van der Waals surface area contributed by atoms with Gasteiger partial charge in [0.2, 0.25) is 0 Å². The van der Waals surface area contributed by atoms with Crippen LogP contribution in [0.5, 0.6) is 5.75 Å². The monoisotopic (exact) mass is 320 g/mol. The summed E-state index contributed by atoms with van der Waals surface area (Å²) in [6.07, 6.45) is 2.23. The minimum atomic E-state index is -0.0389. The van der Waals surface area contributed by atoms with Crippen LogP contribution in [0.2, 0.25) is 0 Å². The van der Waals surface area contributed by atoms with Crippen molar-refractivity contribution >= 4 is 23.5 Å². The van der Waals surface area contributed by atoms with Gasteiger partial charge in [-0.1, -0.05) is 0 Å². The third kappa shape index (κ3) is 5.99. The van der Waals surface area contributed by atoms with Gasteiger partial charge in [0, 0.05) is 43.2 Å². The summed E-state index contributed by atoms with van der Waals surface area (Å²) in [5.41, 5.74) is 7.48. The Morgan fingerprint density at radius 1 is 1.43 bits per heavy atom. The lowest BCUT2D eigenvalue weighted by Gasteiger charge is -2.22. The number of aliphatic hydroxyl groups excluding tert-OH is 1. The van der Waals surface area contributed by atoms with Crippen molar-refractivity contribution in [2.75, 3.05) is 25.9 Å². The van der Waals surface area contributed by atoms with E-state index in [2.05, 4.69) is 10.3 Å². The maximum atomic E-state index is 11.1. The van der Waals surface area contributed by atoms with Crippen LogP contribution in [-0.4, -0.2) is 53.5 Å². The van der Waals surface area contributed by atoms with Gasteiger partial charge >= 0.3 is 0 Å². The molecule has 0 heterocycles. The molecular formula is C16H24N4O3. The molecule has 0 unspecified atom stereocenters. The normalized spacial score (nSPS) is 12.4. The van der Waals surface area contributed by atoms with Gasteiger partial charge in [-0.3, -0.25) is 9.79 Å². The first kappa shape index (κ1) is 18.5. The molecule has 0 aliphatic rings. The zero-order valence-corrected chi connectivity index (χ0v) is 13.7. The molecule has 7 heteroatoms. The van der Waals surface area contributed by atoms with Crippen molar-refractivity contribution in [3.8, 4) is 5.75 Å². The number of anilines is 1. The van der Waals surface area contributed by atoms with E-state index in [1.807, 2.05) is 13.8 Å². The highest BCUT2D eigenvalue weighted by molar-refractivity contribution is 6.27. The number of nitrogens with two attached hydrogens (primary N) is 1. The Hall–Kier alpha value is -2.54. The van der Waals surface area contributed by atoms with Gasteiger partial charge in [0.15, 0.2) is 12.1 Å². The molecule has 0 saturated heterocycles. The van der Waals surface area contributed by atoms with Crippen LogP contribution in [0.4, 0.5) is 5.69 Å². The molecule has 0 amide bonds. The summed E-state index contributed by atoms with van der Waals surface area (Å²) in [4.78, 5) is 17.0. The third-order valence-corrected chi connectivity index (χ3v) is 2.95. The first-order valence-corrected chi connectivity index (χ1v) is 7.29. The highest BCUT2D eigenvalue weighted by atomic mass is 16.3. The second-order valence-electron chi connectivity index (χ2n) is 5.36. The van der Waals surface area contributed by atoms with Gasteiger partial charge in [0.1, 0.15) is 5.75 Å². The number of nitrogens with one attached hydrogen (secondary N) is 1. The maximum Gasteiger partial charge on any atom is 0.184 e. The van der Waals surface area contributed by atoms with E-state index < -0.39 is 0 Å². The fraction of sp³-hybridized carbons (Fsp3) is 0.375. The number of aldehydes is 1. The van der Waals surface area contributed by atoms with Gasteiger partial charge < -0.3 is 26.2 Å². The van der Waals surface area contributed by atoms with E-state index >= 15 is 0 Å². The molecule has 5 N–H and O–H groups in total. The van der Waals surface area contributed by atoms with Crippen LogP contribution in [0, 0.1) is 0 Å². The molecule has 1 aromatic carbocycles. The van der Waals surface area contributed by atoms with E-state index in [-0.39, 0.29) is 24.2 Å². The Morgan fingerprint density at radius 3 is 2.65 bits per heavy atom. The lowest BCUT2D eigenvalue weighted by molar-refractivity contribution is -0.102. The van der Waals surface area contributed by atoms with Gasteiger partial charge in [-0.2, -0.15) is 0 Å². The van der Waals surface area contributed by atoms with Crippen molar-refractivity contribution in [2.24, 2.45) is 4.99 Å². The Bertz CT molecular complexity index is 577. The largest absolute Gasteiger partial charge is 0.508 e. The summed E-state index contributed by atoms with van der Waals surface area (Å²) in [6.45, 7) is 4.07. The van der Waals surface area contributed by atoms with E-state index in [1.165, 1.54) is 6.07 Å². The minimum absolute atomic E-state index is 0.0221. The number of benzene rings is 1. The molecule has 126 valence electrons. The number of aliphatic imine (C=N–C) groups is 1. The molecule has 0 atom stereocenters. The molecule has 1 rings (SSSR count). The first-order chi connectivity index (χ1) is 10.9. The summed E-state index contributed by atoms with van der Waals surface area (Å²) in [5.74, 6) is 0.234. The molecule has 0 aliphatic heterocycles. The smallest absolute Gasteiger partial charge is 0.184 e.